The van der Waals surface area contributed by atoms with Gasteiger partial charge >= 0.3 is 0 Å². The minimum Gasteiger partial charge on any atom is -0.395 e. The third-order valence-corrected chi connectivity index (χ3v) is 3.64. The van der Waals surface area contributed by atoms with Crippen molar-refractivity contribution in [1.82, 2.24) is 10.2 Å². The lowest BCUT2D eigenvalue weighted by Crippen LogP contribution is -2.43. The van der Waals surface area contributed by atoms with Gasteiger partial charge in [-0.2, -0.15) is 0 Å². The molecule has 0 radical (unpaired) electrons. The van der Waals surface area contributed by atoms with E-state index in [0.717, 1.165) is 32.2 Å². The van der Waals surface area contributed by atoms with Crippen LogP contribution >= 0.6 is 0 Å². The highest BCUT2D eigenvalue weighted by molar-refractivity contribution is 5.78. The topological polar surface area (TPSA) is 52.6 Å². The SMILES string of the molecule is CC(C)CCC(C)NC(=O)CN1CCCC1CO. The van der Waals surface area contributed by atoms with Crippen molar-refractivity contribution in [2.75, 3.05) is 19.7 Å². The number of aliphatic hydroxyl groups excluding tert-OH is 1. The van der Waals surface area contributed by atoms with Crippen molar-refractivity contribution in [3.63, 3.8) is 0 Å². The van der Waals surface area contributed by atoms with Crippen LogP contribution in [-0.4, -0.2) is 47.7 Å². The molecule has 0 bridgehead atoms. The van der Waals surface area contributed by atoms with Gasteiger partial charge in [0.2, 0.25) is 5.91 Å². The smallest absolute Gasteiger partial charge is 0.234 e. The van der Waals surface area contributed by atoms with E-state index in [1.165, 1.54) is 0 Å². The maximum atomic E-state index is 11.9. The van der Waals surface area contributed by atoms with Gasteiger partial charge in [0.25, 0.3) is 0 Å². The van der Waals surface area contributed by atoms with Crippen LogP contribution in [0.1, 0.15) is 46.5 Å². The second-order valence-corrected chi connectivity index (χ2v) is 5.89. The van der Waals surface area contributed by atoms with Crippen molar-refractivity contribution in [2.45, 2.75) is 58.5 Å². The lowest BCUT2D eigenvalue weighted by atomic mass is 10.0. The number of amides is 1. The molecular formula is C14H28N2O2. The number of hydrogen-bond donors (Lipinski definition) is 2. The van der Waals surface area contributed by atoms with E-state index >= 15 is 0 Å². The lowest BCUT2D eigenvalue weighted by Gasteiger charge is -2.23. The minimum absolute atomic E-state index is 0.0895. The van der Waals surface area contributed by atoms with E-state index in [4.69, 9.17) is 0 Å². The minimum atomic E-state index is 0.0895. The van der Waals surface area contributed by atoms with Crippen LogP contribution in [0, 0.1) is 5.92 Å². The number of aliphatic hydroxyl groups is 1. The van der Waals surface area contributed by atoms with Crippen molar-refractivity contribution >= 4 is 5.91 Å². The molecule has 1 aliphatic heterocycles. The van der Waals surface area contributed by atoms with Gasteiger partial charge in [0, 0.05) is 12.1 Å². The van der Waals surface area contributed by atoms with E-state index in [-0.39, 0.29) is 24.6 Å². The van der Waals surface area contributed by atoms with E-state index in [9.17, 15) is 9.90 Å². The Balaban J connectivity index is 2.24. The number of nitrogens with zero attached hydrogens (tertiary/aromatic N) is 1. The predicted octanol–water partition coefficient (Wildman–Crippen LogP) is 1.38. The van der Waals surface area contributed by atoms with Gasteiger partial charge in [-0.3, -0.25) is 9.69 Å². The Morgan fingerprint density at radius 3 is 2.72 bits per heavy atom. The number of nitrogens with one attached hydrogen (secondary N) is 1. The zero-order valence-corrected chi connectivity index (χ0v) is 12.0. The molecule has 0 aromatic rings. The summed E-state index contributed by atoms with van der Waals surface area (Å²) in [6.45, 7) is 7.98. The first-order chi connectivity index (χ1) is 8.52. The molecule has 2 N–H and O–H groups in total. The molecule has 1 rings (SSSR count). The lowest BCUT2D eigenvalue weighted by molar-refractivity contribution is -0.123. The summed E-state index contributed by atoms with van der Waals surface area (Å²) in [5.41, 5.74) is 0. The molecular weight excluding hydrogens is 228 g/mol. The van der Waals surface area contributed by atoms with Crippen molar-refractivity contribution in [3.8, 4) is 0 Å². The highest BCUT2D eigenvalue weighted by Crippen LogP contribution is 2.15. The molecule has 18 heavy (non-hydrogen) atoms. The van der Waals surface area contributed by atoms with Gasteiger partial charge in [-0.15, -0.1) is 0 Å². The van der Waals surface area contributed by atoms with E-state index in [2.05, 4.69) is 31.0 Å². The Hall–Kier alpha value is -0.610. The Bertz CT molecular complexity index is 256. The normalized spacial score (nSPS) is 22.4. The fraction of sp³-hybridized carbons (Fsp3) is 0.929. The van der Waals surface area contributed by atoms with Gasteiger partial charge in [0.1, 0.15) is 0 Å². The molecule has 1 saturated heterocycles. The van der Waals surface area contributed by atoms with E-state index in [0.29, 0.717) is 12.5 Å². The molecule has 1 heterocycles. The van der Waals surface area contributed by atoms with Gasteiger partial charge in [0.05, 0.1) is 13.2 Å². The molecule has 2 unspecified atom stereocenters. The molecule has 4 heteroatoms. The van der Waals surface area contributed by atoms with Crippen LogP contribution in [0.2, 0.25) is 0 Å². The molecule has 106 valence electrons. The summed E-state index contributed by atoms with van der Waals surface area (Å²) in [6, 6.07) is 0.428. The molecule has 0 aromatic carbocycles. The summed E-state index contributed by atoms with van der Waals surface area (Å²) in [7, 11) is 0. The first kappa shape index (κ1) is 15.4. The zero-order valence-electron chi connectivity index (χ0n) is 12.0. The van der Waals surface area contributed by atoms with Crippen LogP contribution in [-0.2, 0) is 4.79 Å². The molecule has 1 aliphatic rings. The number of hydrogen-bond acceptors (Lipinski definition) is 3. The number of likely N-dealkylation sites (tertiary alicyclic amines) is 1. The van der Waals surface area contributed by atoms with Crippen LogP contribution in [0.3, 0.4) is 0 Å². The highest BCUT2D eigenvalue weighted by atomic mass is 16.3. The first-order valence-electron chi connectivity index (χ1n) is 7.17. The molecule has 0 aromatic heterocycles. The third-order valence-electron chi connectivity index (χ3n) is 3.64. The summed E-state index contributed by atoms with van der Waals surface area (Å²) in [5.74, 6) is 0.772. The van der Waals surface area contributed by atoms with Gasteiger partial charge in [0.15, 0.2) is 0 Å². The molecule has 2 atom stereocenters. The van der Waals surface area contributed by atoms with Crippen LogP contribution in [0.5, 0.6) is 0 Å². The number of carbonyl (C=O) groups excluding carboxylic acids is 1. The molecule has 0 saturated carbocycles. The quantitative estimate of drug-likeness (QED) is 0.723. The Labute approximate surface area is 111 Å². The second-order valence-electron chi connectivity index (χ2n) is 5.89. The number of carbonyl (C=O) groups is 1. The molecule has 0 spiro atoms. The summed E-state index contributed by atoms with van der Waals surface area (Å²) in [6.07, 6.45) is 4.27. The average molecular weight is 256 g/mol. The standard InChI is InChI=1S/C14H28N2O2/c1-11(2)6-7-12(3)15-14(18)9-16-8-4-5-13(16)10-17/h11-13,17H,4-10H2,1-3H3,(H,15,18). The summed E-state index contributed by atoms with van der Waals surface area (Å²) >= 11 is 0. The van der Waals surface area contributed by atoms with Gasteiger partial charge in [-0.25, -0.2) is 0 Å². The monoisotopic (exact) mass is 256 g/mol. The van der Waals surface area contributed by atoms with Crippen LogP contribution in [0.25, 0.3) is 0 Å². The summed E-state index contributed by atoms with van der Waals surface area (Å²) in [5, 5.41) is 12.2. The molecule has 1 amide bonds. The Morgan fingerprint density at radius 2 is 2.11 bits per heavy atom. The van der Waals surface area contributed by atoms with Crippen LogP contribution in [0.15, 0.2) is 0 Å². The van der Waals surface area contributed by atoms with Crippen molar-refractivity contribution in [3.05, 3.63) is 0 Å². The van der Waals surface area contributed by atoms with E-state index in [1.807, 2.05) is 0 Å². The molecule has 0 aliphatic carbocycles. The largest absolute Gasteiger partial charge is 0.395 e. The maximum Gasteiger partial charge on any atom is 0.234 e. The number of rotatable bonds is 7. The fourth-order valence-corrected chi connectivity index (χ4v) is 2.47. The summed E-state index contributed by atoms with van der Waals surface area (Å²) in [4.78, 5) is 14.0. The molecule has 4 nitrogen and oxygen atoms in total. The Morgan fingerprint density at radius 1 is 1.39 bits per heavy atom. The zero-order chi connectivity index (χ0) is 13.5. The van der Waals surface area contributed by atoms with E-state index < -0.39 is 0 Å². The van der Waals surface area contributed by atoms with Gasteiger partial charge in [-0.1, -0.05) is 13.8 Å². The van der Waals surface area contributed by atoms with Gasteiger partial charge in [-0.05, 0) is 45.1 Å². The van der Waals surface area contributed by atoms with Gasteiger partial charge < -0.3 is 10.4 Å². The fourth-order valence-electron chi connectivity index (χ4n) is 2.47. The average Bonchev–Trinajstić information content (AvgIpc) is 2.73. The maximum absolute atomic E-state index is 11.9. The van der Waals surface area contributed by atoms with E-state index in [1.54, 1.807) is 0 Å². The Kier molecular flexibility index (Phi) is 6.65. The third kappa shape index (κ3) is 5.36. The second kappa shape index (κ2) is 7.74. The first-order valence-corrected chi connectivity index (χ1v) is 7.17. The van der Waals surface area contributed by atoms with Crippen molar-refractivity contribution in [1.29, 1.82) is 0 Å². The predicted molar refractivity (Wildman–Crippen MR) is 73.4 cm³/mol. The van der Waals surface area contributed by atoms with Crippen molar-refractivity contribution in [2.24, 2.45) is 5.92 Å². The van der Waals surface area contributed by atoms with Crippen molar-refractivity contribution < 1.29 is 9.90 Å². The molecule has 1 fully saturated rings. The van der Waals surface area contributed by atoms with Crippen LogP contribution < -0.4 is 5.32 Å². The summed E-state index contributed by atoms with van der Waals surface area (Å²) < 4.78 is 0. The van der Waals surface area contributed by atoms with Crippen LogP contribution in [0.4, 0.5) is 0 Å². The highest BCUT2D eigenvalue weighted by Gasteiger charge is 2.25.